The van der Waals surface area contributed by atoms with E-state index in [0.717, 1.165) is 15.7 Å². The first-order valence-electron chi connectivity index (χ1n) is 5.74. The van der Waals surface area contributed by atoms with E-state index in [2.05, 4.69) is 48.4 Å². The molecule has 0 aliphatic heterocycles. The number of thiazole rings is 2. The van der Waals surface area contributed by atoms with Crippen molar-refractivity contribution in [2.45, 2.75) is 39.7 Å². The third-order valence-electron chi connectivity index (χ3n) is 2.19. The Balaban J connectivity index is 2.18. The van der Waals surface area contributed by atoms with Gasteiger partial charge in [0.15, 0.2) is 5.13 Å². The van der Waals surface area contributed by atoms with Crippen LogP contribution in [-0.2, 0) is 0 Å². The van der Waals surface area contributed by atoms with Crippen molar-refractivity contribution in [2.24, 2.45) is 0 Å². The highest BCUT2D eigenvalue weighted by atomic mass is 32.1. The van der Waals surface area contributed by atoms with Crippen molar-refractivity contribution in [1.29, 1.82) is 0 Å². The van der Waals surface area contributed by atoms with E-state index >= 15 is 0 Å². The summed E-state index contributed by atoms with van der Waals surface area (Å²) >= 11 is 3.38. The lowest BCUT2D eigenvalue weighted by Crippen LogP contribution is -2.08. The van der Waals surface area contributed by atoms with Gasteiger partial charge in [-0.25, -0.2) is 9.97 Å². The van der Waals surface area contributed by atoms with Gasteiger partial charge in [0.25, 0.3) is 0 Å². The smallest absolute Gasteiger partial charge is 0.183 e. The van der Waals surface area contributed by atoms with Gasteiger partial charge < -0.3 is 5.32 Å². The number of hydrogen-bond acceptors (Lipinski definition) is 5. The van der Waals surface area contributed by atoms with Gasteiger partial charge in [-0.3, -0.25) is 0 Å². The molecule has 92 valence electrons. The molecule has 2 heterocycles. The fourth-order valence-corrected chi connectivity index (χ4v) is 3.19. The van der Waals surface area contributed by atoms with E-state index in [1.165, 1.54) is 5.01 Å². The first kappa shape index (κ1) is 12.5. The first-order chi connectivity index (χ1) is 8.06. The van der Waals surface area contributed by atoms with E-state index in [1.54, 1.807) is 22.7 Å². The van der Waals surface area contributed by atoms with Gasteiger partial charge in [0.05, 0.1) is 15.6 Å². The molecule has 0 bridgehead atoms. The molecule has 0 aromatic carbocycles. The minimum atomic E-state index is 0.418. The maximum Gasteiger partial charge on any atom is 0.183 e. The molecule has 0 fully saturated rings. The van der Waals surface area contributed by atoms with Gasteiger partial charge in [0.2, 0.25) is 0 Å². The molecule has 0 saturated carbocycles. The van der Waals surface area contributed by atoms with Gasteiger partial charge in [-0.1, -0.05) is 13.8 Å². The van der Waals surface area contributed by atoms with Crippen LogP contribution in [0.1, 0.15) is 38.6 Å². The Morgan fingerprint density at radius 3 is 2.59 bits per heavy atom. The summed E-state index contributed by atoms with van der Waals surface area (Å²) in [6, 6.07) is 0.418. The van der Waals surface area contributed by atoms with E-state index < -0.39 is 0 Å². The lowest BCUT2D eigenvalue weighted by atomic mass is 10.2. The average Bonchev–Trinajstić information content (AvgIpc) is 2.83. The van der Waals surface area contributed by atoms with Gasteiger partial charge in [-0.2, -0.15) is 0 Å². The highest BCUT2D eigenvalue weighted by molar-refractivity contribution is 7.16. The van der Waals surface area contributed by atoms with Crippen molar-refractivity contribution in [3.05, 3.63) is 16.6 Å². The number of hydrogen-bond donors (Lipinski definition) is 1. The second-order valence-corrected chi connectivity index (χ2v) is 6.47. The molecule has 2 aromatic heterocycles. The summed E-state index contributed by atoms with van der Waals surface area (Å²) in [5.74, 6) is 0.487. The molecule has 0 atom stereocenters. The summed E-state index contributed by atoms with van der Waals surface area (Å²) in [6.07, 6.45) is 1.92. The van der Waals surface area contributed by atoms with Crippen molar-refractivity contribution in [3.63, 3.8) is 0 Å². The second-order valence-electron chi connectivity index (χ2n) is 4.55. The molecule has 0 radical (unpaired) electrons. The van der Waals surface area contributed by atoms with Crippen LogP contribution in [0.25, 0.3) is 10.6 Å². The molecule has 0 spiro atoms. The Bertz CT molecular complexity index is 485. The molecule has 2 rings (SSSR count). The third kappa shape index (κ3) is 3.04. The van der Waals surface area contributed by atoms with Crippen LogP contribution in [0.15, 0.2) is 11.6 Å². The minimum absolute atomic E-state index is 0.418. The maximum atomic E-state index is 4.57. The standard InChI is InChI=1S/C12H17N3S2/c1-7(2)11-13-5-10(17-11)9-6-16-12(15-9)14-8(3)4/h5-8H,1-4H3,(H,14,15). The van der Waals surface area contributed by atoms with Crippen molar-refractivity contribution in [3.8, 4) is 10.6 Å². The summed E-state index contributed by atoms with van der Waals surface area (Å²) in [5.41, 5.74) is 1.03. The summed E-state index contributed by atoms with van der Waals surface area (Å²) in [6.45, 7) is 8.56. The summed E-state index contributed by atoms with van der Waals surface area (Å²) in [4.78, 5) is 10.2. The number of rotatable bonds is 4. The highest BCUT2D eigenvalue weighted by Crippen LogP contribution is 2.31. The zero-order valence-electron chi connectivity index (χ0n) is 10.5. The molecule has 2 aromatic rings. The third-order valence-corrected chi connectivity index (χ3v) is 4.28. The first-order valence-corrected chi connectivity index (χ1v) is 7.44. The summed E-state index contributed by atoms with van der Waals surface area (Å²) in [7, 11) is 0. The summed E-state index contributed by atoms with van der Waals surface area (Å²) in [5, 5.41) is 7.56. The van der Waals surface area contributed by atoms with Crippen LogP contribution in [-0.4, -0.2) is 16.0 Å². The predicted molar refractivity (Wildman–Crippen MR) is 76.1 cm³/mol. The molecule has 5 heteroatoms. The average molecular weight is 267 g/mol. The zero-order chi connectivity index (χ0) is 12.4. The Labute approximate surface area is 110 Å². The molecular weight excluding hydrogens is 250 g/mol. The lowest BCUT2D eigenvalue weighted by Gasteiger charge is -2.04. The van der Waals surface area contributed by atoms with E-state index in [9.17, 15) is 0 Å². The number of anilines is 1. The Hall–Kier alpha value is -0.940. The van der Waals surface area contributed by atoms with E-state index in [1.807, 2.05) is 6.20 Å². The normalized spacial score (nSPS) is 11.4. The van der Waals surface area contributed by atoms with Crippen LogP contribution < -0.4 is 5.32 Å². The number of nitrogens with one attached hydrogen (secondary N) is 1. The molecule has 0 saturated heterocycles. The molecule has 0 amide bonds. The van der Waals surface area contributed by atoms with Crippen LogP contribution in [0, 0.1) is 0 Å². The second kappa shape index (κ2) is 5.14. The molecule has 1 N–H and O–H groups in total. The van der Waals surface area contributed by atoms with Crippen LogP contribution in [0.5, 0.6) is 0 Å². The highest BCUT2D eigenvalue weighted by Gasteiger charge is 2.10. The largest absolute Gasteiger partial charge is 0.359 e. The van der Waals surface area contributed by atoms with Crippen molar-refractivity contribution in [2.75, 3.05) is 5.32 Å². The van der Waals surface area contributed by atoms with Crippen LogP contribution >= 0.6 is 22.7 Å². The zero-order valence-corrected chi connectivity index (χ0v) is 12.2. The van der Waals surface area contributed by atoms with Gasteiger partial charge in [0, 0.05) is 23.5 Å². The van der Waals surface area contributed by atoms with Gasteiger partial charge in [-0.15, -0.1) is 22.7 Å². The fraction of sp³-hybridized carbons (Fsp3) is 0.500. The fourth-order valence-electron chi connectivity index (χ4n) is 1.37. The minimum Gasteiger partial charge on any atom is -0.359 e. The van der Waals surface area contributed by atoms with Crippen LogP contribution in [0.4, 0.5) is 5.13 Å². The van der Waals surface area contributed by atoms with Gasteiger partial charge in [0.1, 0.15) is 0 Å². The van der Waals surface area contributed by atoms with Crippen molar-refractivity contribution >= 4 is 27.8 Å². The van der Waals surface area contributed by atoms with E-state index in [4.69, 9.17) is 0 Å². The Morgan fingerprint density at radius 1 is 1.24 bits per heavy atom. The Kier molecular flexibility index (Phi) is 3.79. The molecule has 3 nitrogen and oxygen atoms in total. The summed E-state index contributed by atoms with van der Waals surface area (Å²) < 4.78 is 0. The number of aromatic nitrogens is 2. The van der Waals surface area contributed by atoms with Crippen molar-refractivity contribution < 1.29 is 0 Å². The molecule has 17 heavy (non-hydrogen) atoms. The quantitative estimate of drug-likeness (QED) is 0.901. The van der Waals surface area contributed by atoms with Crippen LogP contribution in [0.3, 0.4) is 0 Å². The molecular formula is C12H17N3S2. The topological polar surface area (TPSA) is 37.8 Å². The Morgan fingerprint density at radius 2 is 2.00 bits per heavy atom. The monoisotopic (exact) mass is 267 g/mol. The van der Waals surface area contributed by atoms with Crippen LogP contribution in [0.2, 0.25) is 0 Å². The predicted octanol–water partition coefficient (Wildman–Crippen LogP) is 4.21. The van der Waals surface area contributed by atoms with Gasteiger partial charge in [-0.05, 0) is 13.8 Å². The van der Waals surface area contributed by atoms with E-state index in [-0.39, 0.29) is 0 Å². The number of nitrogens with zero attached hydrogens (tertiary/aromatic N) is 2. The van der Waals surface area contributed by atoms with E-state index in [0.29, 0.717) is 12.0 Å². The SMILES string of the molecule is CC(C)Nc1nc(-c2cnc(C(C)C)s2)cs1. The lowest BCUT2D eigenvalue weighted by molar-refractivity contribution is 0.852. The molecule has 0 unspecified atom stereocenters. The van der Waals surface area contributed by atoms with Gasteiger partial charge >= 0.3 is 0 Å². The molecule has 0 aliphatic carbocycles. The maximum absolute atomic E-state index is 4.57. The molecule has 0 aliphatic rings. The van der Waals surface area contributed by atoms with Crippen molar-refractivity contribution in [1.82, 2.24) is 9.97 Å².